The van der Waals surface area contributed by atoms with E-state index in [9.17, 15) is 29.8 Å². The molecule has 11 nitrogen and oxygen atoms in total. The molecule has 0 amide bonds. The van der Waals surface area contributed by atoms with Crippen LogP contribution in [0.4, 0.5) is 22.7 Å². The van der Waals surface area contributed by atoms with E-state index < -0.39 is 46.5 Å². The zero-order chi connectivity index (χ0) is 21.3. The van der Waals surface area contributed by atoms with Gasteiger partial charge in [-0.05, 0) is 36.4 Å². The van der Waals surface area contributed by atoms with E-state index in [-0.39, 0.29) is 27.6 Å². The van der Waals surface area contributed by atoms with E-state index in [0.717, 1.165) is 12.1 Å². The third-order valence-corrected chi connectivity index (χ3v) is 7.16. The lowest BCUT2D eigenvalue weighted by Gasteiger charge is -2.14. The summed E-state index contributed by atoms with van der Waals surface area (Å²) in [5.74, 6) is -1.92. The molecule has 0 spiro atoms. The van der Waals surface area contributed by atoms with Crippen LogP contribution in [0.1, 0.15) is 0 Å². The summed E-state index contributed by atoms with van der Waals surface area (Å²) in [6, 6.07) is 7.27. The molecule has 0 aromatic heterocycles. The molecular weight excluding hydrogens is 434 g/mol. The highest BCUT2D eigenvalue weighted by atomic mass is 32.2. The minimum absolute atomic E-state index is 0.0319. The van der Waals surface area contributed by atoms with Crippen LogP contribution in [-0.4, -0.2) is 45.9 Å². The van der Waals surface area contributed by atoms with Crippen molar-refractivity contribution < 1.29 is 34.4 Å². The summed E-state index contributed by atoms with van der Waals surface area (Å²) < 4.78 is 87.5. The smallest absolute Gasteiger partial charge is 0.296 e. The van der Waals surface area contributed by atoms with Crippen LogP contribution in [0.25, 0.3) is 0 Å². The number of benzene rings is 2. The normalized spacial score (nSPS) is 12.6. The van der Waals surface area contributed by atoms with Crippen LogP contribution in [0, 0.1) is 0 Å². The zero-order valence-corrected chi connectivity index (χ0v) is 16.6. The van der Waals surface area contributed by atoms with E-state index in [2.05, 4.69) is 5.32 Å². The summed E-state index contributed by atoms with van der Waals surface area (Å²) >= 11 is 0. The molecule has 2 aromatic rings. The minimum atomic E-state index is -4.62. The molecule has 0 bridgehead atoms. The number of nitrogens with two attached hydrogens (primary N) is 2. The van der Waals surface area contributed by atoms with Gasteiger partial charge in [0.2, 0.25) is 0 Å². The molecule has 0 atom stereocenters. The average molecular weight is 452 g/mol. The van der Waals surface area contributed by atoms with Gasteiger partial charge in [0.25, 0.3) is 20.2 Å². The zero-order valence-electron chi connectivity index (χ0n) is 14.1. The van der Waals surface area contributed by atoms with E-state index in [1.54, 1.807) is 0 Å². The molecule has 0 radical (unpaired) electrons. The first-order chi connectivity index (χ1) is 12.7. The SMILES string of the molecule is Nc1ccc(Nc2ccc(N)c(S(=O)(=O)O)c2)c(S(=O)(=O)CCS(=O)(=O)O)c1. The van der Waals surface area contributed by atoms with Gasteiger partial charge in [-0.25, -0.2) is 8.42 Å². The van der Waals surface area contributed by atoms with Crippen LogP contribution < -0.4 is 16.8 Å². The Morgan fingerprint density at radius 2 is 1.46 bits per heavy atom. The molecule has 2 aromatic carbocycles. The van der Waals surface area contributed by atoms with Crippen molar-refractivity contribution in [3.63, 3.8) is 0 Å². The molecule has 0 aliphatic heterocycles. The largest absolute Gasteiger partial charge is 0.399 e. The predicted molar refractivity (Wildman–Crippen MR) is 103 cm³/mol. The van der Waals surface area contributed by atoms with E-state index >= 15 is 0 Å². The van der Waals surface area contributed by atoms with Gasteiger partial charge in [0, 0.05) is 11.4 Å². The molecule has 0 heterocycles. The van der Waals surface area contributed by atoms with Gasteiger partial charge in [-0.2, -0.15) is 16.8 Å². The summed E-state index contributed by atoms with van der Waals surface area (Å²) in [7, 11) is -13.3. The van der Waals surface area contributed by atoms with Crippen molar-refractivity contribution in [1.82, 2.24) is 0 Å². The Balaban J connectivity index is 2.49. The fourth-order valence-corrected chi connectivity index (χ4v) is 5.57. The maximum Gasteiger partial charge on any atom is 0.296 e. The summed E-state index contributed by atoms with van der Waals surface area (Å²) in [5, 5.41) is 2.66. The van der Waals surface area contributed by atoms with Crippen LogP contribution in [0.2, 0.25) is 0 Å². The quantitative estimate of drug-likeness (QED) is 0.289. The first kappa shape index (κ1) is 21.9. The number of hydrogen-bond donors (Lipinski definition) is 5. The summed E-state index contributed by atoms with van der Waals surface area (Å²) in [6.45, 7) is 0. The third kappa shape index (κ3) is 5.56. The molecule has 7 N–H and O–H groups in total. The van der Waals surface area contributed by atoms with Crippen LogP contribution in [0.3, 0.4) is 0 Å². The fraction of sp³-hybridized carbons (Fsp3) is 0.143. The van der Waals surface area contributed by atoms with Crippen molar-refractivity contribution in [1.29, 1.82) is 0 Å². The number of sulfone groups is 1. The van der Waals surface area contributed by atoms with E-state index in [1.807, 2.05) is 0 Å². The molecule has 14 heteroatoms. The predicted octanol–water partition coefficient (Wildman–Crippen LogP) is 0.503. The lowest BCUT2D eigenvalue weighted by atomic mass is 10.2. The molecule has 0 fully saturated rings. The lowest BCUT2D eigenvalue weighted by Crippen LogP contribution is -2.18. The standard InChI is InChI=1S/C14H17N3O8S3/c15-9-1-4-12(14(7-9)26(18,19)5-6-27(20,21)22)17-10-2-3-11(16)13(8-10)28(23,24)25/h1-4,7-8,17H,5-6,15-16H2,(H,20,21,22)(H,23,24,25). The first-order valence-corrected chi connectivity index (χ1v) is 12.1. The highest BCUT2D eigenvalue weighted by Crippen LogP contribution is 2.30. The molecule has 28 heavy (non-hydrogen) atoms. The van der Waals surface area contributed by atoms with E-state index in [0.29, 0.717) is 0 Å². The topological polar surface area (TPSA) is 207 Å². The maximum atomic E-state index is 12.5. The van der Waals surface area contributed by atoms with Crippen molar-refractivity contribution >= 4 is 52.8 Å². The first-order valence-electron chi connectivity index (χ1n) is 7.40. The number of nitrogens with one attached hydrogen (secondary N) is 1. The Labute approximate surface area is 161 Å². The Morgan fingerprint density at radius 3 is 2.04 bits per heavy atom. The Hall–Kier alpha value is -2.39. The Bertz CT molecular complexity index is 1220. The van der Waals surface area contributed by atoms with Crippen molar-refractivity contribution in [2.45, 2.75) is 9.79 Å². The number of nitrogen functional groups attached to an aromatic ring is 2. The van der Waals surface area contributed by atoms with Gasteiger partial charge in [0.1, 0.15) is 4.90 Å². The van der Waals surface area contributed by atoms with Crippen LogP contribution in [-0.2, 0) is 30.1 Å². The Kier molecular flexibility index (Phi) is 5.91. The van der Waals surface area contributed by atoms with Crippen LogP contribution >= 0.6 is 0 Å². The van der Waals surface area contributed by atoms with Gasteiger partial charge < -0.3 is 16.8 Å². The van der Waals surface area contributed by atoms with Gasteiger partial charge in [-0.1, -0.05) is 0 Å². The van der Waals surface area contributed by atoms with Crippen molar-refractivity contribution in [3.8, 4) is 0 Å². The van der Waals surface area contributed by atoms with Gasteiger partial charge in [0.15, 0.2) is 9.84 Å². The summed E-state index contributed by atoms with van der Waals surface area (Å²) in [5.41, 5.74) is 11.0. The molecule has 0 unspecified atom stereocenters. The molecule has 154 valence electrons. The van der Waals surface area contributed by atoms with Gasteiger partial charge in [-0.15, -0.1) is 0 Å². The second-order valence-corrected chi connectivity index (χ2v) is 10.8. The number of anilines is 4. The molecule has 0 aliphatic rings. The number of rotatable bonds is 7. The van der Waals surface area contributed by atoms with Gasteiger partial charge in [0.05, 0.1) is 27.8 Å². The average Bonchev–Trinajstić information content (AvgIpc) is 2.55. The summed E-state index contributed by atoms with van der Waals surface area (Å²) in [6.07, 6.45) is 0. The lowest BCUT2D eigenvalue weighted by molar-refractivity contribution is 0.482. The van der Waals surface area contributed by atoms with Crippen LogP contribution in [0.15, 0.2) is 46.2 Å². The molecular formula is C14H17N3O8S3. The number of hydrogen-bond acceptors (Lipinski definition) is 9. The maximum absolute atomic E-state index is 12.5. The van der Waals surface area contributed by atoms with Gasteiger partial charge >= 0.3 is 0 Å². The van der Waals surface area contributed by atoms with Crippen molar-refractivity contribution in [2.75, 3.05) is 28.3 Å². The second-order valence-electron chi connectivity index (χ2n) is 5.71. The third-order valence-electron chi connectivity index (χ3n) is 3.52. The van der Waals surface area contributed by atoms with Gasteiger partial charge in [-0.3, -0.25) is 9.11 Å². The highest BCUT2D eigenvalue weighted by Gasteiger charge is 2.23. The monoisotopic (exact) mass is 451 g/mol. The molecule has 0 saturated heterocycles. The van der Waals surface area contributed by atoms with Crippen molar-refractivity contribution in [3.05, 3.63) is 36.4 Å². The van der Waals surface area contributed by atoms with Crippen LogP contribution in [0.5, 0.6) is 0 Å². The second kappa shape index (κ2) is 7.56. The van der Waals surface area contributed by atoms with Crippen molar-refractivity contribution in [2.24, 2.45) is 0 Å². The fourth-order valence-electron chi connectivity index (χ4n) is 2.22. The molecule has 0 saturated carbocycles. The molecule has 0 aliphatic carbocycles. The van der Waals surface area contributed by atoms with E-state index in [1.165, 1.54) is 24.3 Å². The van der Waals surface area contributed by atoms with E-state index in [4.69, 9.17) is 16.0 Å². The minimum Gasteiger partial charge on any atom is -0.399 e. The molecule has 2 rings (SSSR count). The Morgan fingerprint density at radius 1 is 0.821 bits per heavy atom. The highest BCUT2D eigenvalue weighted by molar-refractivity contribution is 7.93. The summed E-state index contributed by atoms with van der Waals surface area (Å²) in [4.78, 5) is -0.940.